The van der Waals surface area contributed by atoms with Crippen molar-refractivity contribution in [1.29, 1.82) is 0 Å². The zero-order chi connectivity index (χ0) is 15.2. The highest BCUT2D eigenvalue weighted by molar-refractivity contribution is 6.02. The summed E-state index contributed by atoms with van der Waals surface area (Å²) < 4.78 is 5.09. The van der Waals surface area contributed by atoms with Crippen LogP contribution in [0.25, 0.3) is 6.08 Å². The molecule has 1 aromatic carbocycles. The first-order chi connectivity index (χ1) is 10.1. The summed E-state index contributed by atoms with van der Waals surface area (Å²) in [6, 6.07) is 10.2. The van der Waals surface area contributed by atoms with Crippen LogP contribution in [0.2, 0.25) is 0 Å². The fourth-order valence-corrected chi connectivity index (χ4v) is 1.68. The topological polar surface area (TPSA) is 62.6 Å². The molecule has 1 heterocycles. The highest BCUT2D eigenvalue weighted by Gasteiger charge is 2.07. The second-order valence-corrected chi connectivity index (χ2v) is 4.61. The third-order valence-corrected chi connectivity index (χ3v) is 2.75. The smallest absolute Gasteiger partial charge is 0.253 e. The average Bonchev–Trinajstić information content (AvgIpc) is 2.98. The van der Waals surface area contributed by atoms with Crippen LogP contribution in [0.5, 0.6) is 0 Å². The third kappa shape index (κ3) is 4.07. The largest absolute Gasteiger partial charge is 0.465 e. The second kappa shape index (κ2) is 6.56. The van der Waals surface area contributed by atoms with Crippen LogP contribution in [0, 0.1) is 0 Å². The Morgan fingerprint density at radius 3 is 2.43 bits per heavy atom. The Labute approximate surface area is 122 Å². The number of nitrogens with one attached hydrogen (secondary N) is 1. The molecule has 0 saturated heterocycles. The van der Waals surface area contributed by atoms with Gasteiger partial charge in [0.1, 0.15) is 5.76 Å². The molecule has 2 rings (SSSR count). The maximum atomic E-state index is 11.7. The number of furan rings is 1. The molecule has 0 aliphatic carbocycles. The molecule has 0 radical (unpaired) electrons. The molecule has 0 bridgehead atoms. The molecule has 0 saturated carbocycles. The van der Waals surface area contributed by atoms with Gasteiger partial charge in [-0.2, -0.15) is 0 Å². The van der Waals surface area contributed by atoms with Crippen molar-refractivity contribution in [3.63, 3.8) is 0 Å². The van der Waals surface area contributed by atoms with Crippen molar-refractivity contribution < 1.29 is 14.0 Å². The van der Waals surface area contributed by atoms with Crippen LogP contribution >= 0.6 is 0 Å². The lowest BCUT2D eigenvalue weighted by Gasteiger charge is -2.10. The van der Waals surface area contributed by atoms with Crippen LogP contribution in [-0.2, 0) is 4.79 Å². The highest BCUT2D eigenvalue weighted by Crippen LogP contribution is 2.11. The summed E-state index contributed by atoms with van der Waals surface area (Å²) in [7, 11) is 3.38. The van der Waals surface area contributed by atoms with E-state index in [0.29, 0.717) is 17.0 Å². The van der Waals surface area contributed by atoms with Crippen molar-refractivity contribution in [3.05, 3.63) is 60.1 Å². The monoisotopic (exact) mass is 284 g/mol. The van der Waals surface area contributed by atoms with Crippen molar-refractivity contribution in [2.45, 2.75) is 0 Å². The molecular formula is C16H16N2O3. The Morgan fingerprint density at radius 1 is 1.14 bits per heavy atom. The van der Waals surface area contributed by atoms with Gasteiger partial charge in [0, 0.05) is 31.4 Å². The van der Waals surface area contributed by atoms with Crippen LogP contribution < -0.4 is 5.32 Å². The number of hydrogen-bond acceptors (Lipinski definition) is 3. The van der Waals surface area contributed by atoms with Gasteiger partial charge in [-0.1, -0.05) is 0 Å². The van der Waals surface area contributed by atoms with E-state index >= 15 is 0 Å². The number of amides is 2. The molecule has 5 heteroatoms. The van der Waals surface area contributed by atoms with Gasteiger partial charge in [-0.05, 0) is 42.5 Å². The molecule has 2 amide bonds. The minimum atomic E-state index is -0.266. The van der Waals surface area contributed by atoms with E-state index in [2.05, 4.69) is 5.32 Å². The van der Waals surface area contributed by atoms with E-state index in [1.807, 2.05) is 0 Å². The molecule has 21 heavy (non-hydrogen) atoms. The number of carbonyl (C=O) groups is 2. The predicted octanol–water partition coefficient (Wildman–Crippen LogP) is 2.63. The van der Waals surface area contributed by atoms with E-state index in [1.54, 1.807) is 56.6 Å². The fraction of sp³-hybridized carbons (Fsp3) is 0.125. The van der Waals surface area contributed by atoms with E-state index in [0.717, 1.165) is 0 Å². The zero-order valence-electron chi connectivity index (χ0n) is 11.9. The maximum absolute atomic E-state index is 11.7. The van der Waals surface area contributed by atoms with E-state index in [4.69, 9.17) is 4.42 Å². The van der Waals surface area contributed by atoms with Gasteiger partial charge < -0.3 is 14.6 Å². The van der Waals surface area contributed by atoms with Gasteiger partial charge in [0.05, 0.1) is 6.26 Å². The average molecular weight is 284 g/mol. The van der Waals surface area contributed by atoms with Crippen LogP contribution in [-0.4, -0.2) is 30.8 Å². The summed E-state index contributed by atoms with van der Waals surface area (Å²) in [5.41, 5.74) is 1.20. The van der Waals surface area contributed by atoms with Crippen molar-refractivity contribution in [2.24, 2.45) is 0 Å². The van der Waals surface area contributed by atoms with Crippen LogP contribution in [0.15, 0.2) is 53.2 Å². The Kier molecular flexibility index (Phi) is 4.56. The molecule has 0 fully saturated rings. The summed E-state index contributed by atoms with van der Waals surface area (Å²) in [6.07, 6.45) is 4.51. The molecule has 108 valence electrons. The van der Waals surface area contributed by atoms with Gasteiger partial charge in [-0.3, -0.25) is 9.59 Å². The lowest BCUT2D eigenvalue weighted by atomic mass is 10.2. The zero-order valence-corrected chi connectivity index (χ0v) is 11.9. The minimum Gasteiger partial charge on any atom is -0.465 e. The van der Waals surface area contributed by atoms with Crippen LogP contribution in [0.1, 0.15) is 16.1 Å². The molecular weight excluding hydrogens is 268 g/mol. The van der Waals surface area contributed by atoms with Crippen molar-refractivity contribution in [1.82, 2.24) is 4.90 Å². The molecule has 0 spiro atoms. The van der Waals surface area contributed by atoms with Gasteiger partial charge >= 0.3 is 0 Å². The second-order valence-electron chi connectivity index (χ2n) is 4.61. The summed E-state index contributed by atoms with van der Waals surface area (Å²) in [5.74, 6) is 0.265. The number of hydrogen-bond donors (Lipinski definition) is 1. The number of nitrogens with zero attached hydrogens (tertiary/aromatic N) is 1. The quantitative estimate of drug-likeness (QED) is 0.878. The first kappa shape index (κ1) is 14.6. The van der Waals surface area contributed by atoms with Crippen molar-refractivity contribution in [2.75, 3.05) is 19.4 Å². The highest BCUT2D eigenvalue weighted by atomic mass is 16.3. The lowest BCUT2D eigenvalue weighted by Crippen LogP contribution is -2.21. The van der Waals surface area contributed by atoms with Gasteiger partial charge in [-0.25, -0.2) is 0 Å². The number of anilines is 1. The fourth-order valence-electron chi connectivity index (χ4n) is 1.68. The van der Waals surface area contributed by atoms with Crippen molar-refractivity contribution >= 4 is 23.6 Å². The normalized spacial score (nSPS) is 10.6. The Hall–Kier alpha value is -2.82. The van der Waals surface area contributed by atoms with Crippen LogP contribution in [0.3, 0.4) is 0 Å². The number of rotatable bonds is 4. The molecule has 0 atom stereocenters. The number of benzene rings is 1. The van der Waals surface area contributed by atoms with Crippen molar-refractivity contribution in [3.8, 4) is 0 Å². The molecule has 5 nitrogen and oxygen atoms in total. The first-order valence-electron chi connectivity index (χ1n) is 6.40. The molecule has 2 aromatic rings. The SMILES string of the molecule is CN(C)C(=O)c1ccc(NC(=O)/C=C/c2ccco2)cc1. The minimum absolute atomic E-state index is 0.0782. The molecule has 1 N–H and O–H groups in total. The lowest BCUT2D eigenvalue weighted by molar-refractivity contribution is -0.111. The Balaban J connectivity index is 1.97. The molecule has 0 unspecified atom stereocenters. The Bertz CT molecular complexity index is 641. The summed E-state index contributed by atoms with van der Waals surface area (Å²) >= 11 is 0. The van der Waals surface area contributed by atoms with E-state index in [1.165, 1.54) is 17.2 Å². The van der Waals surface area contributed by atoms with Gasteiger partial charge in [0.2, 0.25) is 5.91 Å². The predicted molar refractivity (Wildman–Crippen MR) is 80.8 cm³/mol. The summed E-state index contributed by atoms with van der Waals surface area (Å²) in [5, 5.41) is 2.71. The van der Waals surface area contributed by atoms with Gasteiger partial charge in [0.15, 0.2) is 0 Å². The standard InChI is InChI=1S/C16H16N2O3/c1-18(2)16(20)12-5-7-13(8-6-12)17-15(19)10-9-14-4-3-11-21-14/h3-11H,1-2H3,(H,17,19)/b10-9+. The Morgan fingerprint density at radius 2 is 1.86 bits per heavy atom. The third-order valence-electron chi connectivity index (χ3n) is 2.75. The van der Waals surface area contributed by atoms with Gasteiger partial charge in [-0.15, -0.1) is 0 Å². The van der Waals surface area contributed by atoms with Crippen LogP contribution in [0.4, 0.5) is 5.69 Å². The molecule has 1 aromatic heterocycles. The molecule has 0 aliphatic rings. The van der Waals surface area contributed by atoms with Gasteiger partial charge in [0.25, 0.3) is 5.91 Å². The molecule has 0 aliphatic heterocycles. The number of carbonyl (C=O) groups excluding carboxylic acids is 2. The van der Waals surface area contributed by atoms with E-state index in [9.17, 15) is 9.59 Å². The van der Waals surface area contributed by atoms with E-state index in [-0.39, 0.29) is 11.8 Å². The first-order valence-corrected chi connectivity index (χ1v) is 6.40. The van der Waals surface area contributed by atoms with E-state index < -0.39 is 0 Å². The maximum Gasteiger partial charge on any atom is 0.253 e. The summed E-state index contributed by atoms with van der Waals surface area (Å²) in [4.78, 5) is 24.9. The summed E-state index contributed by atoms with van der Waals surface area (Å²) in [6.45, 7) is 0.